The zero-order valence-corrected chi connectivity index (χ0v) is 23.0. The van der Waals surface area contributed by atoms with Crippen molar-refractivity contribution in [3.63, 3.8) is 0 Å². The quantitative estimate of drug-likeness (QED) is 0.249. The molecule has 4 aromatic rings. The molecule has 0 spiro atoms. The predicted molar refractivity (Wildman–Crippen MR) is 155 cm³/mol. The minimum Gasteiger partial charge on any atom is -0.492 e. The molecule has 6 nitrogen and oxygen atoms in total. The summed E-state index contributed by atoms with van der Waals surface area (Å²) in [7, 11) is -4.28. The lowest BCUT2D eigenvalue weighted by Gasteiger charge is -2.33. The fourth-order valence-electron chi connectivity index (χ4n) is 4.40. The van der Waals surface area contributed by atoms with Gasteiger partial charge in [-0.15, -0.1) is 0 Å². The van der Waals surface area contributed by atoms with E-state index >= 15 is 0 Å². The zero-order valence-electron chi connectivity index (χ0n) is 20.7. The van der Waals surface area contributed by atoms with Crippen LogP contribution in [-0.4, -0.2) is 27.5 Å². The molecular weight excluding hydrogens is 555 g/mol. The van der Waals surface area contributed by atoms with Crippen LogP contribution in [-0.2, 0) is 21.4 Å². The van der Waals surface area contributed by atoms with Gasteiger partial charge in [-0.05, 0) is 53.6 Å². The van der Waals surface area contributed by atoms with E-state index in [1.165, 1.54) is 4.31 Å². The second-order valence-electron chi connectivity index (χ2n) is 8.79. The maximum Gasteiger partial charge on any atom is 0.270 e. The van der Waals surface area contributed by atoms with Crippen LogP contribution < -0.4 is 14.4 Å². The standard InChI is InChI=1S/C30H24Cl2N2O4S/c31-23-11-14-25(15-12-23)38-18-17-33-30(35)29-28(22-9-5-2-6-10-22)26-19-24(32)13-16-27(26)34(39(29,36)37)20-21-7-3-1-4-8-21/h1-16,19H,17-18,20H2,(H,33,35). The number of nitrogens with one attached hydrogen (secondary N) is 1. The van der Waals surface area contributed by atoms with Crippen LogP contribution in [0.2, 0.25) is 10.0 Å². The number of amides is 1. The number of rotatable bonds is 8. The van der Waals surface area contributed by atoms with Gasteiger partial charge in [-0.2, -0.15) is 0 Å². The third kappa shape index (κ3) is 5.81. The summed E-state index contributed by atoms with van der Waals surface area (Å²) in [5.74, 6) is -0.141. The Balaban J connectivity index is 1.54. The molecule has 0 bridgehead atoms. The van der Waals surface area contributed by atoms with Crippen LogP contribution in [0.25, 0.3) is 5.57 Å². The molecule has 0 saturated carbocycles. The van der Waals surface area contributed by atoms with E-state index < -0.39 is 15.9 Å². The average molecular weight is 580 g/mol. The van der Waals surface area contributed by atoms with Crippen molar-refractivity contribution in [2.24, 2.45) is 0 Å². The van der Waals surface area contributed by atoms with Crippen molar-refractivity contribution < 1.29 is 17.9 Å². The fourth-order valence-corrected chi connectivity index (χ4v) is 6.45. The van der Waals surface area contributed by atoms with E-state index in [1.807, 2.05) is 36.4 Å². The third-order valence-corrected chi connectivity index (χ3v) is 8.48. The topological polar surface area (TPSA) is 75.7 Å². The van der Waals surface area contributed by atoms with Crippen LogP contribution in [0.4, 0.5) is 5.69 Å². The Morgan fingerprint density at radius 2 is 1.46 bits per heavy atom. The van der Waals surface area contributed by atoms with E-state index in [9.17, 15) is 13.2 Å². The average Bonchev–Trinajstić information content (AvgIpc) is 2.94. The summed E-state index contributed by atoms with van der Waals surface area (Å²) in [5.41, 5.74) is 2.67. The predicted octanol–water partition coefficient (Wildman–Crippen LogP) is 6.30. The minimum absolute atomic E-state index is 0.0519. The molecule has 0 fully saturated rings. The fraction of sp³-hybridized carbons (Fsp3) is 0.100. The molecule has 1 N–H and O–H groups in total. The van der Waals surface area contributed by atoms with Gasteiger partial charge in [0.1, 0.15) is 12.4 Å². The number of benzene rings is 4. The van der Waals surface area contributed by atoms with Gasteiger partial charge in [-0.3, -0.25) is 9.10 Å². The first-order valence-corrected chi connectivity index (χ1v) is 14.4. The normalized spacial score (nSPS) is 14.1. The van der Waals surface area contributed by atoms with Gasteiger partial charge in [0.15, 0.2) is 4.91 Å². The van der Waals surface area contributed by atoms with Gasteiger partial charge in [-0.1, -0.05) is 83.9 Å². The van der Waals surface area contributed by atoms with Gasteiger partial charge >= 0.3 is 0 Å². The highest BCUT2D eigenvalue weighted by Gasteiger charge is 2.41. The van der Waals surface area contributed by atoms with E-state index in [0.717, 1.165) is 5.56 Å². The lowest BCUT2D eigenvalue weighted by Crippen LogP contribution is -2.42. The van der Waals surface area contributed by atoms with Gasteiger partial charge in [0.2, 0.25) is 0 Å². The lowest BCUT2D eigenvalue weighted by atomic mass is 9.95. The molecule has 0 atom stereocenters. The van der Waals surface area contributed by atoms with E-state index in [2.05, 4.69) is 5.32 Å². The Morgan fingerprint density at radius 1 is 0.821 bits per heavy atom. The van der Waals surface area contributed by atoms with Crippen molar-refractivity contribution in [2.75, 3.05) is 17.5 Å². The van der Waals surface area contributed by atoms with E-state index in [1.54, 1.807) is 66.7 Å². The molecule has 1 amide bonds. The second-order valence-corrected chi connectivity index (χ2v) is 11.5. The number of ether oxygens (including phenoxy) is 1. The van der Waals surface area contributed by atoms with Crippen molar-refractivity contribution in [2.45, 2.75) is 6.54 Å². The largest absolute Gasteiger partial charge is 0.492 e. The van der Waals surface area contributed by atoms with Gasteiger partial charge in [0, 0.05) is 21.2 Å². The minimum atomic E-state index is -4.28. The summed E-state index contributed by atoms with van der Waals surface area (Å²) in [4.78, 5) is 13.3. The maximum atomic E-state index is 14.2. The summed E-state index contributed by atoms with van der Waals surface area (Å²) in [6, 6.07) is 30.1. The Hall–Kier alpha value is -3.78. The van der Waals surface area contributed by atoms with Crippen molar-refractivity contribution in [3.8, 4) is 5.75 Å². The molecule has 198 valence electrons. The SMILES string of the molecule is O=C(NCCOc1ccc(Cl)cc1)C1=C(c2ccccc2)c2cc(Cl)ccc2N(Cc2ccccc2)S1(=O)=O. The molecule has 1 heterocycles. The van der Waals surface area contributed by atoms with E-state index in [4.69, 9.17) is 27.9 Å². The Labute approximate surface area is 237 Å². The number of halogens is 2. The van der Waals surface area contributed by atoms with E-state index in [0.29, 0.717) is 38.2 Å². The first-order chi connectivity index (χ1) is 18.8. The lowest BCUT2D eigenvalue weighted by molar-refractivity contribution is -0.116. The Kier molecular flexibility index (Phi) is 7.93. The molecule has 0 saturated heterocycles. The van der Waals surface area contributed by atoms with Crippen molar-refractivity contribution in [1.29, 1.82) is 0 Å². The highest BCUT2D eigenvalue weighted by molar-refractivity contribution is 7.97. The summed E-state index contributed by atoms with van der Waals surface area (Å²) >= 11 is 12.3. The molecule has 0 aliphatic carbocycles. The first kappa shape index (κ1) is 26.8. The molecular formula is C30H24Cl2N2O4S. The van der Waals surface area contributed by atoms with E-state index in [-0.39, 0.29) is 24.6 Å². The summed E-state index contributed by atoms with van der Waals surface area (Å²) in [6.07, 6.45) is 0. The molecule has 1 aliphatic heterocycles. The van der Waals surface area contributed by atoms with Crippen LogP contribution in [0, 0.1) is 0 Å². The number of hydrogen-bond donors (Lipinski definition) is 1. The number of sulfonamides is 1. The van der Waals surface area contributed by atoms with Gasteiger partial charge in [-0.25, -0.2) is 8.42 Å². The van der Waals surface area contributed by atoms with Gasteiger partial charge in [0.05, 0.1) is 18.8 Å². The summed E-state index contributed by atoms with van der Waals surface area (Å²) in [5, 5.41) is 3.74. The molecule has 0 unspecified atom stereocenters. The summed E-state index contributed by atoms with van der Waals surface area (Å²) in [6.45, 7) is 0.275. The van der Waals surface area contributed by atoms with Crippen molar-refractivity contribution in [3.05, 3.63) is 135 Å². The maximum absolute atomic E-state index is 14.2. The number of nitrogens with zero attached hydrogens (tertiary/aromatic N) is 1. The molecule has 0 aromatic heterocycles. The van der Waals surface area contributed by atoms with Crippen LogP contribution >= 0.6 is 23.2 Å². The number of carbonyl (C=O) groups excluding carboxylic acids is 1. The second kappa shape index (κ2) is 11.5. The number of anilines is 1. The van der Waals surface area contributed by atoms with Crippen LogP contribution in [0.5, 0.6) is 5.75 Å². The highest BCUT2D eigenvalue weighted by Crippen LogP contribution is 2.44. The smallest absolute Gasteiger partial charge is 0.270 e. The zero-order chi connectivity index (χ0) is 27.4. The highest BCUT2D eigenvalue weighted by atomic mass is 35.5. The van der Waals surface area contributed by atoms with Crippen molar-refractivity contribution in [1.82, 2.24) is 5.32 Å². The molecule has 39 heavy (non-hydrogen) atoms. The van der Waals surface area contributed by atoms with Crippen LogP contribution in [0.15, 0.2) is 108 Å². The molecule has 1 aliphatic rings. The molecule has 5 rings (SSSR count). The molecule has 0 radical (unpaired) electrons. The Bertz CT molecular complexity index is 1630. The van der Waals surface area contributed by atoms with Crippen LogP contribution in [0.3, 0.4) is 0 Å². The summed E-state index contributed by atoms with van der Waals surface area (Å²) < 4.78 is 35.3. The molecule has 4 aromatic carbocycles. The van der Waals surface area contributed by atoms with Crippen molar-refractivity contribution >= 4 is 50.4 Å². The Morgan fingerprint density at radius 3 is 2.15 bits per heavy atom. The number of hydrogen-bond acceptors (Lipinski definition) is 4. The number of fused-ring (bicyclic) bond motifs is 1. The van der Waals surface area contributed by atoms with Gasteiger partial charge < -0.3 is 10.1 Å². The van der Waals surface area contributed by atoms with Crippen LogP contribution in [0.1, 0.15) is 16.7 Å². The monoisotopic (exact) mass is 578 g/mol. The van der Waals surface area contributed by atoms with Gasteiger partial charge in [0.25, 0.3) is 15.9 Å². The number of carbonyl (C=O) groups is 1. The third-order valence-electron chi connectivity index (χ3n) is 6.18. The molecule has 9 heteroatoms. The first-order valence-electron chi connectivity index (χ1n) is 12.2.